The molecule has 0 heterocycles. The van der Waals surface area contributed by atoms with Gasteiger partial charge in [-0.1, -0.05) is 36.4 Å². The Hall–Kier alpha value is -3.92. The minimum Gasteiger partial charge on any atom is -0.457 e. The predicted molar refractivity (Wildman–Crippen MR) is 192 cm³/mol. The number of anilines is 2. The van der Waals surface area contributed by atoms with E-state index in [-0.39, 0.29) is 0 Å². The van der Waals surface area contributed by atoms with Crippen molar-refractivity contribution in [3.05, 3.63) is 108 Å². The van der Waals surface area contributed by atoms with Gasteiger partial charge in [0.25, 0.3) is 0 Å². The summed E-state index contributed by atoms with van der Waals surface area (Å²) in [5, 5.41) is 0. The van der Waals surface area contributed by atoms with Crippen LogP contribution in [0.1, 0.15) is 88.2 Å². The Bertz CT molecular complexity index is 1700. The van der Waals surface area contributed by atoms with Crippen LogP contribution in [0.15, 0.2) is 97.1 Å². The SMILES string of the molecule is Nc1cccc(Oc2ccc(C34CC5CC(C3)CC(C36CC7CC(CC(c8ccc(Oc9cccc(N)c9)cc8)(C7)C3)C6)(C5)C4)cc2)c1. The van der Waals surface area contributed by atoms with E-state index in [2.05, 4.69) is 48.5 Å². The minimum atomic E-state index is 0.316. The molecular formula is C44H48N2O2. The first-order chi connectivity index (χ1) is 23.3. The predicted octanol–water partition coefficient (Wildman–Crippen LogP) is 10.8. The highest BCUT2D eigenvalue weighted by Crippen LogP contribution is 2.78. The van der Waals surface area contributed by atoms with Crippen molar-refractivity contribution in [2.75, 3.05) is 11.5 Å². The molecule has 0 aromatic heterocycles. The van der Waals surface area contributed by atoms with E-state index < -0.39 is 0 Å². The summed E-state index contributed by atoms with van der Waals surface area (Å²) in [5.41, 5.74) is 18.2. The first-order valence-corrected chi connectivity index (χ1v) is 18.6. The van der Waals surface area contributed by atoms with Crippen molar-refractivity contribution in [3.8, 4) is 23.0 Å². The van der Waals surface area contributed by atoms with E-state index in [0.29, 0.717) is 21.7 Å². The first-order valence-electron chi connectivity index (χ1n) is 18.6. The lowest BCUT2D eigenvalue weighted by Gasteiger charge is -2.74. The lowest BCUT2D eigenvalue weighted by Crippen LogP contribution is -2.66. The van der Waals surface area contributed by atoms with E-state index in [1.165, 1.54) is 77.0 Å². The second-order valence-corrected chi connectivity index (χ2v) is 17.4. The van der Waals surface area contributed by atoms with Crippen molar-refractivity contribution in [1.29, 1.82) is 0 Å². The second kappa shape index (κ2) is 10.3. The van der Waals surface area contributed by atoms with Gasteiger partial charge in [-0.05, 0) is 182 Å². The van der Waals surface area contributed by atoms with E-state index in [4.69, 9.17) is 20.9 Å². The van der Waals surface area contributed by atoms with Crippen molar-refractivity contribution in [3.63, 3.8) is 0 Å². The zero-order valence-electron chi connectivity index (χ0n) is 28.0. The standard InChI is InChI=1S/C44H48N2O2/c45-35-3-1-5-39(17-35)47-37-11-7-33(8-12-37)41-19-29-15-30(20-41)24-43(23-29,27-41)44-25-31-16-32(26-44)22-42(21-31,28-44)34-9-13-38(14-10-34)48-40-6-2-4-36(46)18-40/h1-14,17-18,29-32H,15-16,19-28,45-46H2. The minimum absolute atomic E-state index is 0.316. The van der Waals surface area contributed by atoms with Crippen LogP contribution in [-0.2, 0) is 10.8 Å². The average Bonchev–Trinajstić information content (AvgIpc) is 3.04. The molecule has 4 N–H and O–H groups in total. The zero-order chi connectivity index (χ0) is 32.1. The van der Waals surface area contributed by atoms with E-state index in [1.807, 2.05) is 48.5 Å². The van der Waals surface area contributed by atoms with Crippen molar-refractivity contribution < 1.29 is 9.47 Å². The van der Waals surface area contributed by atoms with Crippen LogP contribution in [0.25, 0.3) is 0 Å². The van der Waals surface area contributed by atoms with Gasteiger partial charge in [0.1, 0.15) is 23.0 Å². The van der Waals surface area contributed by atoms with E-state index in [9.17, 15) is 0 Å². The molecule has 0 spiro atoms. The summed E-state index contributed by atoms with van der Waals surface area (Å²) >= 11 is 0. The smallest absolute Gasteiger partial charge is 0.129 e. The summed E-state index contributed by atoms with van der Waals surface area (Å²) in [6.45, 7) is 0. The van der Waals surface area contributed by atoms with Gasteiger partial charge in [0, 0.05) is 23.5 Å². The number of hydrogen-bond acceptors (Lipinski definition) is 4. The summed E-state index contributed by atoms with van der Waals surface area (Å²) in [6, 6.07) is 34.0. The van der Waals surface area contributed by atoms with Crippen LogP contribution in [-0.4, -0.2) is 0 Å². The summed E-state index contributed by atoms with van der Waals surface area (Å²) in [5.74, 6) is 6.91. The fourth-order valence-electron chi connectivity index (χ4n) is 13.6. The molecule has 0 saturated heterocycles. The highest BCUT2D eigenvalue weighted by Gasteiger charge is 2.70. The van der Waals surface area contributed by atoms with Crippen molar-refractivity contribution >= 4 is 11.4 Å². The molecule has 48 heavy (non-hydrogen) atoms. The number of benzene rings is 4. The number of hydrogen-bond donors (Lipinski definition) is 2. The fraction of sp³-hybridized carbons (Fsp3) is 0.455. The van der Waals surface area contributed by atoms with Gasteiger partial charge < -0.3 is 20.9 Å². The fourth-order valence-corrected chi connectivity index (χ4v) is 13.6. The Morgan fingerprint density at radius 3 is 1.17 bits per heavy atom. The molecule has 0 aliphatic heterocycles. The topological polar surface area (TPSA) is 70.5 Å². The van der Waals surface area contributed by atoms with Crippen LogP contribution in [0.5, 0.6) is 23.0 Å². The van der Waals surface area contributed by atoms with Crippen molar-refractivity contribution in [1.82, 2.24) is 0 Å². The van der Waals surface area contributed by atoms with Crippen LogP contribution >= 0.6 is 0 Å². The van der Waals surface area contributed by atoms with Gasteiger partial charge in [-0.15, -0.1) is 0 Å². The molecule has 4 nitrogen and oxygen atoms in total. The Morgan fingerprint density at radius 1 is 0.438 bits per heavy atom. The van der Waals surface area contributed by atoms with E-state index >= 15 is 0 Å². The molecule has 246 valence electrons. The second-order valence-electron chi connectivity index (χ2n) is 17.4. The lowest BCUT2D eigenvalue weighted by atomic mass is 9.30. The van der Waals surface area contributed by atoms with Gasteiger partial charge in [0.05, 0.1) is 0 Å². The molecular weight excluding hydrogens is 588 g/mol. The van der Waals surface area contributed by atoms with Gasteiger partial charge in [0.2, 0.25) is 0 Å². The third-order valence-electron chi connectivity index (χ3n) is 14.4. The van der Waals surface area contributed by atoms with Crippen LogP contribution in [0, 0.1) is 34.5 Å². The van der Waals surface area contributed by atoms with Crippen molar-refractivity contribution in [2.24, 2.45) is 34.5 Å². The largest absolute Gasteiger partial charge is 0.457 e. The number of ether oxygens (including phenoxy) is 2. The third kappa shape index (κ3) is 4.54. The summed E-state index contributed by atoms with van der Waals surface area (Å²) in [6.07, 6.45) is 17.1. The first kappa shape index (κ1) is 29.0. The van der Waals surface area contributed by atoms with Gasteiger partial charge >= 0.3 is 0 Å². The molecule has 0 radical (unpaired) electrons. The molecule has 8 aliphatic rings. The summed E-state index contributed by atoms with van der Waals surface area (Å²) in [4.78, 5) is 0. The normalized spacial score (nSPS) is 37.1. The van der Waals surface area contributed by atoms with Crippen LogP contribution in [0.4, 0.5) is 11.4 Å². The maximum absolute atomic E-state index is 6.22. The monoisotopic (exact) mass is 636 g/mol. The van der Waals surface area contributed by atoms with Crippen LogP contribution in [0.3, 0.4) is 0 Å². The highest BCUT2D eigenvalue weighted by molar-refractivity contribution is 5.47. The van der Waals surface area contributed by atoms with Gasteiger partial charge in [0.15, 0.2) is 0 Å². The molecule has 8 saturated carbocycles. The van der Waals surface area contributed by atoms with Crippen LogP contribution in [0.2, 0.25) is 0 Å². The van der Waals surface area contributed by atoms with Crippen LogP contribution < -0.4 is 20.9 Å². The molecule has 8 aliphatic carbocycles. The molecule has 4 aromatic rings. The highest BCUT2D eigenvalue weighted by atomic mass is 16.5. The Balaban J connectivity index is 0.949. The zero-order valence-corrected chi connectivity index (χ0v) is 28.0. The molecule has 4 heteroatoms. The maximum atomic E-state index is 6.22. The Labute approximate surface area is 285 Å². The average molecular weight is 637 g/mol. The van der Waals surface area contributed by atoms with E-state index in [1.54, 1.807) is 11.1 Å². The van der Waals surface area contributed by atoms with Gasteiger partial charge in [-0.3, -0.25) is 0 Å². The Kier molecular flexibility index (Phi) is 6.23. The number of nitrogen functional groups attached to an aromatic ring is 2. The molecule has 8 fully saturated rings. The number of nitrogens with two attached hydrogens (primary N) is 2. The maximum Gasteiger partial charge on any atom is 0.129 e. The lowest BCUT2D eigenvalue weighted by molar-refractivity contribution is -0.212. The molecule has 4 aromatic carbocycles. The van der Waals surface area contributed by atoms with Gasteiger partial charge in [-0.2, -0.15) is 0 Å². The third-order valence-corrected chi connectivity index (χ3v) is 14.4. The molecule has 4 atom stereocenters. The molecule has 0 amide bonds. The Morgan fingerprint density at radius 2 is 0.812 bits per heavy atom. The summed E-state index contributed by atoms with van der Waals surface area (Å²) in [7, 11) is 0. The summed E-state index contributed by atoms with van der Waals surface area (Å²) < 4.78 is 12.4. The molecule has 12 rings (SSSR count). The van der Waals surface area contributed by atoms with Gasteiger partial charge in [-0.25, -0.2) is 0 Å². The molecule has 4 unspecified atom stereocenters. The van der Waals surface area contributed by atoms with E-state index in [0.717, 1.165) is 58.0 Å². The van der Waals surface area contributed by atoms with Crippen molar-refractivity contribution in [2.45, 2.75) is 87.9 Å². The molecule has 8 bridgehead atoms. The number of rotatable bonds is 7. The quantitative estimate of drug-likeness (QED) is 0.198.